The van der Waals surface area contributed by atoms with E-state index in [1.807, 2.05) is 25.1 Å². The number of benzene rings is 2. The minimum absolute atomic E-state index is 0.0284. The summed E-state index contributed by atoms with van der Waals surface area (Å²) in [5.74, 6) is -2.84. The highest BCUT2D eigenvalue weighted by molar-refractivity contribution is 6.01. The zero-order chi connectivity index (χ0) is 21.6. The summed E-state index contributed by atoms with van der Waals surface area (Å²) in [5.41, 5.74) is 2.20. The van der Waals surface area contributed by atoms with E-state index in [1.165, 1.54) is 12.1 Å². The van der Waals surface area contributed by atoms with Crippen LogP contribution in [0.5, 0.6) is 0 Å². The topological polar surface area (TPSA) is 49.4 Å². The van der Waals surface area contributed by atoms with E-state index in [0.29, 0.717) is 23.5 Å². The van der Waals surface area contributed by atoms with Crippen molar-refractivity contribution in [3.8, 4) is 0 Å². The second kappa shape index (κ2) is 7.67. The van der Waals surface area contributed by atoms with Gasteiger partial charge in [0.05, 0.1) is 23.3 Å². The van der Waals surface area contributed by atoms with E-state index in [2.05, 4.69) is 5.32 Å². The Morgan fingerprint density at radius 2 is 1.80 bits per heavy atom. The number of rotatable bonds is 2. The Morgan fingerprint density at radius 1 is 1.13 bits per heavy atom. The van der Waals surface area contributed by atoms with E-state index in [0.717, 1.165) is 6.07 Å². The largest absolute Gasteiger partial charge is 0.357 e. The third-order valence-corrected chi connectivity index (χ3v) is 5.66. The molecule has 4 rings (SSSR count). The van der Waals surface area contributed by atoms with Crippen LogP contribution in [-0.4, -0.2) is 11.7 Å². The average Bonchev–Trinajstić information content (AvgIpc) is 2.80. The molecule has 0 saturated heterocycles. The smallest absolute Gasteiger partial charge is 0.230 e. The van der Waals surface area contributed by atoms with Crippen LogP contribution >= 0.6 is 0 Å². The molecule has 1 heterocycles. The monoisotopic (exact) mass is 410 g/mol. The Hall–Kier alpha value is -3.02. The van der Waals surface area contributed by atoms with Gasteiger partial charge in [-0.3, -0.25) is 9.59 Å². The zero-order valence-corrected chi connectivity index (χ0v) is 17.2. The third-order valence-electron chi connectivity index (χ3n) is 5.66. The minimum atomic E-state index is -0.854. The van der Waals surface area contributed by atoms with Gasteiger partial charge in [-0.25, -0.2) is 8.78 Å². The van der Waals surface area contributed by atoms with Crippen LogP contribution in [0.4, 0.5) is 20.2 Å². The molecule has 2 aliphatic rings. The molecular weight excluding hydrogens is 386 g/mol. The number of Topliss-reactive ketones (excluding diaryl/α,β-unsaturated/α-hetero) is 1. The molecule has 0 saturated carbocycles. The summed E-state index contributed by atoms with van der Waals surface area (Å²) in [6.07, 6.45) is 2.29. The number of para-hydroxylation sites is 2. The van der Waals surface area contributed by atoms with Crippen molar-refractivity contribution in [2.45, 2.75) is 33.2 Å². The molecule has 0 bridgehead atoms. The van der Waals surface area contributed by atoms with E-state index in [-0.39, 0.29) is 29.1 Å². The first-order chi connectivity index (χ1) is 14.3. The van der Waals surface area contributed by atoms with Gasteiger partial charge < -0.3 is 10.2 Å². The van der Waals surface area contributed by atoms with E-state index >= 15 is 0 Å². The first kappa shape index (κ1) is 20.3. The Kier molecular flexibility index (Phi) is 5.18. The van der Waals surface area contributed by atoms with Crippen LogP contribution in [0.3, 0.4) is 0 Å². The maximum absolute atomic E-state index is 14.2. The van der Waals surface area contributed by atoms with Crippen LogP contribution in [0.1, 0.15) is 38.8 Å². The maximum Gasteiger partial charge on any atom is 0.230 e. The van der Waals surface area contributed by atoms with E-state index < -0.39 is 23.6 Å². The summed E-state index contributed by atoms with van der Waals surface area (Å²) >= 11 is 0. The quantitative estimate of drug-likeness (QED) is 0.738. The predicted molar refractivity (Wildman–Crippen MR) is 112 cm³/mol. The molecule has 0 fully saturated rings. The lowest BCUT2D eigenvalue weighted by molar-refractivity contribution is -0.125. The summed E-state index contributed by atoms with van der Waals surface area (Å²) in [5, 5.41) is 3.33. The summed E-state index contributed by atoms with van der Waals surface area (Å²) in [6, 6.07) is 9.64. The Morgan fingerprint density at radius 3 is 2.47 bits per heavy atom. The molecule has 0 aromatic heterocycles. The predicted octanol–water partition coefficient (Wildman–Crippen LogP) is 5.23. The van der Waals surface area contributed by atoms with Gasteiger partial charge in [-0.15, -0.1) is 0 Å². The highest BCUT2D eigenvalue weighted by Gasteiger charge is 2.44. The number of carbonyl (C=O) groups excluding carboxylic acids is 2. The average molecular weight is 410 g/mol. The molecule has 4 nitrogen and oxygen atoms in total. The van der Waals surface area contributed by atoms with Gasteiger partial charge in [-0.2, -0.15) is 0 Å². The molecule has 1 aliphatic heterocycles. The lowest BCUT2D eigenvalue weighted by atomic mass is 9.78. The number of carbonyl (C=O) groups is 2. The molecule has 156 valence electrons. The summed E-state index contributed by atoms with van der Waals surface area (Å²) in [4.78, 5) is 28.2. The van der Waals surface area contributed by atoms with Crippen molar-refractivity contribution >= 4 is 23.1 Å². The van der Waals surface area contributed by atoms with Crippen LogP contribution in [0.15, 0.2) is 54.2 Å². The second-order valence-electron chi connectivity index (χ2n) is 8.40. The van der Waals surface area contributed by atoms with Crippen LogP contribution in [0, 0.1) is 29.4 Å². The Labute approximate surface area is 174 Å². The molecule has 3 atom stereocenters. The van der Waals surface area contributed by atoms with Crippen molar-refractivity contribution in [1.29, 1.82) is 0 Å². The summed E-state index contributed by atoms with van der Waals surface area (Å²) in [6.45, 7) is 5.50. The molecule has 30 heavy (non-hydrogen) atoms. The molecule has 1 aliphatic carbocycles. The maximum atomic E-state index is 14.2. The molecule has 0 unspecified atom stereocenters. The highest BCUT2D eigenvalue weighted by Crippen LogP contribution is 2.47. The lowest BCUT2D eigenvalue weighted by Gasteiger charge is -2.38. The van der Waals surface area contributed by atoms with Gasteiger partial charge >= 0.3 is 0 Å². The molecule has 0 spiro atoms. The number of hydrogen-bond donors (Lipinski definition) is 1. The third kappa shape index (κ3) is 3.51. The van der Waals surface area contributed by atoms with E-state index in [9.17, 15) is 18.4 Å². The number of nitrogens with one attached hydrogen (secondary N) is 1. The number of allylic oxidation sites excluding steroid dienone is 1. The zero-order valence-electron chi connectivity index (χ0n) is 17.2. The van der Waals surface area contributed by atoms with Gasteiger partial charge in [-0.1, -0.05) is 39.0 Å². The van der Waals surface area contributed by atoms with Gasteiger partial charge in [0.1, 0.15) is 17.4 Å². The number of hydrogen-bond acceptors (Lipinski definition) is 3. The van der Waals surface area contributed by atoms with Crippen molar-refractivity contribution in [3.63, 3.8) is 0 Å². The van der Waals surface area contributed by atoms with E-state index in [1.54, 1.807) is 30.9 Å². The Balaban J connectivity index is 2.02. The molecule has 2 aromatic rings. The SMILES string of the molecule is CC(C)C(=O)N1c2ccccc2NC2=C[C@@H](C)CC(=O)[C@H]2[C@H]1c1cc(F)cc(F)c1. The number of amides is 1. The van der Waals surface area contributed by atoms with Crippen LogP contribution in [0.25, 0.3) is 0 Å². The van der Waals surface area contributed by atoms with Crippen LogP contribution in [0.2, 0.25) is 0 Å². The van der Waals surface area contributed by atoms with Crippen molar-refractivity contribution in [1.82, 2.24) is 0 Å². The van der Waals surface area contributed by atoms with Gasteiger partial charge in [-0.05, 0) is 35.7 Å². The van der Waals surface area contributed by atoms with Gasteiger partial charge in [0.25, 0.3) is 0 Å². The standard InChI is InChI=1S/C24H24F2N2O2/c1-13(2)24(30)28-20-7-5-4-6-18(20)27-19-8-14(3)9-21(29)22(19)23(28)15-10-16(25)12-17(26)11-15/h4-8,10-14,22-23,27H,9H2,1-3H3/t14-,22+,23-/m1/s1. The molecule has 1 amide bonds. The molecule has 2 aromatic carbocycles. The number of fused-ring (bicyclic) bond motifs is 2. The first-order valence-electron chi connectivity index (χ1n) is 10.2. The van der Waals surface area contributed by atoms with Crippen molar-refractivity contribution in [2.75, 3.05) is 10.2 Å². The van der Waals surface area contributed by atoms with Crippen molar-refractivity contribution in [3.05, 3.63) is 71.4 Å². The normalized spacial score (nSPS) is 23.3. The molecular formula is C24H24F2N2O2. The van der Waals surface area contributed by atoms with Gasteiger partial charge in [0.2, 0.25) is 5.91 Å². The lowest BCUT2D eigenvalue weighted by Crippen LogP contribution is -2.44. The van der Waals surface area contributed by atoms with Crippen LogP contribution in [-0.2, 0) is 9.59 Å². The molecule has 6 heteroatoms. The molecule has 0 radical (unpaired) electrons. The fourth-order valence-corrected chi connectivity index (χ4v) is 4.42. The highest BCUT2D eigenvalue weighted by atomic mass is 19.1. The second-order valence-corrected chi connectivity index (χ2v) is 8.40. The number of anilines is 2. The number of halogens is 2. The van der Waals surface area contributed by atoms with Crippen molar-refractivity contribution in [2.24, 2.45) is 17.8 Å². The number of ketones is 1. The fraction of sp³-hybridized carbons (Fsp3) is 0.333. The number of nitrogens with zero attached hydrogens (tertiary/aromatic N) is 1. The summed E-state index contributed by atoms with van der Waals surface area (Å²) < 4.78 is 28.4. The minimum Gasteiger partial charge on any atom is -0.357 e. The van der Waals surface area contributed by atoms with Gasteiger partial charge in [0.15, 0.2) is 0 Å². The fourth-order valence-electron chi connectivity index (χ4n) is 4.42. The molecule has 1 N–H and O–H groups in total. The van der Waals surface area contributed by atoms with Crippen molar-refractivity contribution < 1.29 is 18.4 Å². The van der Waals surface area contributed by atoms with Gasteiger partial charge in [0, 0.05) is 24.1 Å². The first-order valence-corrected chi connectivity index (χ1v) is 10.2. The van der Waals surface area contributed by atoms with Crippen LogP contribution < -0.4 is 10.2 Å². The van der Waals surface area contributed by atoms with E-state index in [4.69, 9.17) is 0 Å². The Bertz CT molecular complexity index is 1030. The summed E-state index contributed by atoms with van der Waals surface area (Å²) in [7, 11) is 0.